The first kappa shape index (κ1) is 16.8. The standard InChI is InChI=1S/C18H30N4/c1-4-22-10-6-9-17(22)13-21-18(19)20-12-15(3)16-8-5-7-14(2)11-16/h5,7-8,11,15,17H,4,6,9-10,12-13H2,1-3H3,(H3,19,20,21). The normalized spacial score (nSPS) is 21.0. The SMILES string of the molecule is CCN1CCCC1CNC(N)=NCC(C)c1cccc(C)c1. The van der Waals surface area contributed by atoms with Crippen LogP contribution in [0.1, 0.15) is 43.7 Å². The Hall–Kier alpha value is -1.55. The van der Waals surface area contributed by atoms with Crippen molar-refractivity contribution >= 4 is 5.96 Å². The van der Waals surface area contributed by atoms with E-state index in [4.69, 9.17) is 5.73 Å². The molecule has 4 nitrogen and oxygen atoms in total. The zero-order valence-electron chi connectivity index (χ0n) is 14.2. The summed E-state index contributed by atoms with van der Waals surface area (Å²) in [6.45, 7) is 10.5. The number of aryl methyl sites for hydroxylation is 1. The molecule has 1 aromatic carbocycles. The Kier molecular flexibility index (Phi) is 6.25. The molecule has 0 radical (unpaired) electrons. The summed E-state index contributed by atoms with van der Waals surface area (Å²) in [6, 6.07) is 9.21. The van der Waals surface area contributed by atoms with Crippen LogP contribution in [0.5, 0.6) is 0 Å². The predicted octanol–water partition coefficient (Wildman–Crippen LogP) is 2.49. The van der Waals surface area contributed by atoms with Crippen LogP contribution >= 0.6 is 0 Å². The van der Waals surface area contributed by atoms with Gasteiger partial charge < -0.3 is 11.1 Å². The molecule has 0 aromatic heterocycles. The van der Waals surface area contributed by atoms with Gasteiger partial charge in [-0.25, -0.2) is 0 Å². The quantitative estimate of drug-likeness (QED) is 0.627. The van der Waals surface area contributed by atoms with E-state index < -0.39 is 0 Å². The maximum Gasteiger partial charge on any atom is 0.188 e. The zero-order valence-corrected chi connectivity index (χ0v) is 14.2. The molecule has 4 heteroatoms. The Morgan fingerprint density at radius 1 is 1.50 bits per heavy atom. The van der Waals surface area contributed by atoms with Crippen LogP contribution in [0, 0.1) is 6.92 Å². The van der Waals surface area contributed by atoms with Crippen molar-refractivity contribution < 1.29 is 0 Å². The van der Waals surface area contributed by atoms with E-state index in [1.165, 1.54) is 30.5 Å². The van der Waals surface area contributed by atoms with Gasteiger partial charge in [0.15, 0.2) is 5.96 Å². The lowest BCUT2D eigenvalue weighted by Gasteiger charge is -2.23. The van der Waals surface area contributed by atoms with Gasteiger partial charge in [-0.1, -0.05) is 43.7 Å². The molecule has 122 valence electrons. The summed E-state index contributed by atoms with van der Waals surface area (Å²) in [5.74, 6) is 0.960. The second-order valence-corrected chi connectivity index (χ2v) is 6.35. The third-order valence-electron chi connectivity index (χ3n) is 4.57. The minimum Gasteiger partial charge on any atom is -0.370 e. The minimum absolute atomic E-state index is 0.388. The van der Waals surface area contributed by atoms with Gasteiger partial charge in [-0.3, -0.25) is 9.89 Å². The number of nitrogens with one attached hydrogen (secondary N) is 1. The van der Waals surface area contributed by atoms with E-state index in [1.54, 1.807) is 0 Å². The molecular formula is C18H30N4. The second-order valence-electron chi connectivity index (χ2n) is 6.35. The fourth-order valence-corrected chi connectivity index (χ4v) is 3.14. The van der Waals surface area contributed by atoms with E-state index in [-0.39, 0.29) is 0 Å². The molecule has 1 aliphatic heterocycles. The highest BCUT2D eigenvalue weighted by molar-refractivity contribution is 5.77. The van der Waals surface area contributed by atoms with Crippen LogP contribution in [0.25, 0.3) is 0 Å². The molecule has 1 fully saturated rings. The molecule has 1 heterocycles. The van der Waals surface area contributed by atoms with Crippen LogP contribution in [-0.4, -0.2) is 43.1 Å². The van der Waals surface area contributed by atoms with Crippen molar-refractivity contribution in [3.8, 4) is 0 Å². The van der Waals surface area contributed by atoms with Crippen molar-refractivity contribution in [3.63, 3.8) is 0 Å². The largest absolute Gasteiger partial charge is 0.370 e. The summed E-state index contributed by atoms with van der Waals surface area (Å²) in [6.07, 6.45) is 2.55. The summed E-state index contributed by atoms with van der Waals surface area (Å²) in [4.78, 5) is 7.02. The molecule has 1 saturated heterocycles. The van der Waals surface area contributed by atoms with Crippen molar-refractivity contribution in [1.29, 1.82) is 0 Å². The van der Waals surface area contributed by atoms with Gasteiger partial charge in [0, 0.05) is 25.0 Å². The number of guanidine groups is 1. The smallest absolute Gasteiger partial charge is 0.188 e. The van der Waals surface area contributed by atoms with Gasteiger partial charge in [0.2, 0.25) is 0 Å². The van der Waals surface area contributed by atoms with Gasteiger partial charge in [0.25, 0.3) is 0 Å². The van der Waals surface area contributed by atoms with Gasteiger partial charge in [0.05, 0.1) is 0 Å². The molecule has 0 amide bonds. The molecule has 0 aliphatic carbocycles. The number of benzene rings is 1. The van der Waals surface area contributed by atoms with Gasteiger partial charge >= 0.3 is 0 Å². The number of hydrogen-bond acceptors (Lipinski definition) is 2. The van der Waals surface area contributed by atoms with Crippen LogP contribution in [0.15, 0.2) is 29.3 Å². The third-order valence-corrected chi connectivity index (χ3v) is 4.57. The molecule has 2 unspecified atom stereocenters. The number of rotatable bonds is 6. The number of likely N-dealkylation sites (tertiary alicyclic amines) is 1. The monoisotopic (exact) mass is 302 g/mol. The van der Waals surface area contributed by atoms with E-state index in [9.17, 15) is 0 Å². The highest BCUT2D eigenvalue weighted by Crippen LogP contribution is 2.17. The van der Waals surface area contributed by atoms with Crippen LogP contribution in [-0.2, 0) is 0 Å². The molecule has 22 heavy (non-hydrogen) atoms. The van der Waals surface area contributed by atoms with E-state index in [0.29, 0.717) is 17.9 Å². The maximum atomic E-state index is 6.02. The van der Waals surface area contributed by atoms with Crippen molar-refractivity contribution in [2.45, 2.75) is 45.6 Å². The molecule has 0 spiro atoms. The number of nitrogens with two attached hydrogens (primary N) is 1. The molecule has 1 aromatic rings. The zero-order chi connectivity index (χ0) is 15.9. The van der Waals surface area contributed by atoms with Crippen LogP contribution in [0.3, 0.4) is 0 Å². The fraction of sp³-hybridized carbons (Fsp3) is 0.611. The lowest BCUT2D eigenvalue weighted by Crippen LogP contribution is -2.42. The lowest BCUT2D eigenvalue weighted by atomic mass is 10.00. The summed E-state index contributed by atoms with van der Waals surface area (Å²) >= 11 is 0. The highest BCUT2D eigenvalue weighted by atomic mass is 15.2. The van der Waals surface area contributed by atoms with Crippen LogP contribution < -0.4 is 11.1 Å². The van der Waals surface area contributed by atoms with Crippen molar-refractivity contribution in [2.24, 2.45) is 10.7 Å². The number of likely N-dealkylation sites (N-methyl/N-ethyl adjacent to an activating group) is 1. The highest BCUT2D eigenvalue weighted by Gasteiger charge is 2.22. The third kappa shape index (κ3) is 4.73. The summed E-state index contributed by atoms with van der Waals surface area (Å²) in [7, 11) is 0. The van der Waals surface area contributed by atoms with Crippen molar-refractivity contribution in [3.05, 3.63) is 35.4 Å². The first-order chi connectivity index (χ1) is 10.6. The van der Waals surface area contributed by atoms with Crippen LogP contribution in [0.2, 0.25) is 0 Å². The minimum atomic E-state index is 0.388. The molecule has 0 saturated carbocycles. The predicted molar refractivity (Wildman–Crippen MR) is 94.4 cm³/mol. The first-order valence-corrected chi connectivity index (χ1v) is 8.44. The van der Waals surface area contributed by atoms with E-state index in [0.717, 1.165) is 19.6 Å². The van der Waals surface area contributed by atoms with Gasteiger partial charge in [0.1, 0.15) is 0 Å². The Morgan fingerprint density at radius 3 is 3.05 bits per heavy atom. The second kappa shape index (κ2) is 8.18. The van der Waals surface area contributed by atoms with Gasteiger partial charge in [-0.2, -0.15) is 0 Å². The molecule has 1 aliphatic rings. The summed E-state index contributed by atoms with van der Waals surface area (Å²) in [5, 5.41) is 3.29. The molecular weight excluding hydrogens is 272 g/mol. The Labute approximate surface area is 134 Å². The van der Waals surface area contributed by atoms with Crippen LogP contribution in [0.4, 0.5) is 0 Å². The molecule has 2 rings (SSSR count). The number of nitrogens with zero attached hydrogens (tertiary/aromatic N) is 2. The Balaban J connectivity index is 1.79. The summed E-state index contributed by atoms with van der Waals surface area (Å²) < 4.78 is 0. The number of aliphatic imine (C=N–C) groups is 1. The van der Waals surface area contributed by atoms with Crippen molar-refractivity contribution in [1.82, 2.24) is 10.2 Å². The lowest BCUT2D eigenvalue weighted by molar-refractivity contribution is 0.267. The first-order valence-electron chi connectivity index (χ1n) is 8.44. The number of hydrogen-bond donors (Lipinski definition) is 2. The molecule has 2 atom stereocenters. The fourth-order valence-electron chi connectivity index (χ4n) is 3.14. The summed E-state index contributed by atoms with van der Waals surface area (Å²) in [5.41, 5.74) is 8.63. The maximum absolute atomic E-state index is 6.02. The Bertz CT molecular complexity index is 498. The van der Waals surface area contributed by atoms with E-state index >= 15 is 0 Å². The van der Waals surface area contributed by atoms with Crippen molar-refractivity contribution in [2.75, 3.05) is 26.2 Å². The average Bonchev–Trinajstić information content (AvgIpc) is 2.98. The molecule has 0 bridgehead atoms. The Morgan fingerprint density at radius 2 is 2.32 bits per heavy atom. The van der Waals surface area contributed by atoms with Gasteiger partial charge in [-0.15, -0.1) is 0 Å². The topological polar surface area (TPSA) is 53.6 Å². The average molecular weight is 302 g/mol. The van der Waals surface area contributed by atoms with E-state index in [1.807, 2.05) is 0 Å². The molecule has 3 N–H and O–H groups in total. The van der Waals surface area contributed by atoms with E-state index in [2.05, 4.69) is 60.2 Å². The van der Waals surface area contributed by atoms with Gasteiger partial charge in [-0.05, 0) is 38.4 Å².